The summed E-state index contributed by atoms with van der Waals surface area (Å²) in [6, 6.07) is 12.2. The number of halogens is 1. The van der Waals surface area contributed by atoms with E-state index < -0.39 is 0 Å². The lowest BCUT2D eigenvalue weighted by Gasteiger charge is -2.02. The quantitative estimate of drug-likeness (QED) is 0.579. The smallest absolute Gasteiger partial charge is 0.249 e. The molecule has 0 aliphatic carbocycles. The molecule has 3 rings (SSSR count). The van der Waals surface area contributed by atoms with Crippen LogP contribution in [-0.2, 0) is 11.8 Å². The summed E-state index contributed by atoms with van der Waals surface area (Å²) >= 11 is 9.40. The molecular weight excluding hydrogens is 372 g/mol. The summed E-state index contributed by atoms with van der Waals surface area (Å²) in [5, 5.41) is 0.730. The predicted molar refractivity (Wildman–Crippen MR) is 108 cm³/mol. The molecule has 1 amide bonds. The fourth-order valence-electron chi connectivity index (χ4n) is 2.56. The summed E-state index contributed by atoms with van der Waals surface area (Å²) in [5.41, 5.74) is 3.29. The van der Waals surface area contributed by atoms with Crippen LogP contribution in [0.5, 0.6) is 0 Å². The van der Waals surface area contributed by atoms with Gasteiger partial charge in [0.2, 0.25) is 5.91 Å². The molecule has 0 bridgehead atoms. The first-order valence-corrected chi connectivity index (χ1v) is 10.2. The van der Waals surface area contributed by atoms with Crippen LogP contribution in [0.15, 0.2) is 46.3 Å². The molecule has 0 N–H and O–H groups in total. The van der Waals surface area contributed by atoms with E-state index in [1.54, 1.807) is 11.8 Å². The zero-order valence-electron chi connectivity index (χ0n) is 14.4. The highest BCUT2D eigenvalue weighted by Gasteiger charge is 2.09. The van der Waals surface area contributed by atoms with Gasteiger partial charge in [-0.05, 0) is 43.7 Å². The van der Waals surface area contributed by atoms with Crippen LogP contribution in [0, 0.1) is 13.8 Å². The van der Waals surface area contributed by atoms with E-state index in [2.05, 4.69) is 36.2 Å². The Morgan fingerprint density at radius 3 is 2.64 bits per heavy atom. The SMILES string of the molecule is Cc1ccc(SCCC(=O)N=c2sc3ccc(Cl)c(C)c3n2C)cc1. The maximum atomic E-state index is 12.2. The normalized spacial score (nSPS) is 12.1. The Morgan fingerprint density at radius 2 is 1.92 bits per heavy atom. The average molecular weight is 391 g/mol. The van der Waals surface area contributed by atoms with E-state index in [4.69, 9.17) is 11.6 Å². The molecule has 25 heavy (non-hydrogen) atoms. The van der Waals surface area contributed by atoms with Crippen LogP contribution in [-0.4, -0.2) is 16.2 Å². The average Bonchev–Trinajstić information content (AvgIpc) is 2.89. The van der Waals surface area contributed by atoms with E-state index in [1.807, 2.05) is 30.7 Å². The molecule has 0 atom stereocenters. The molecule has 0 fully saturated rings. The van der Waals surface area contributed by atoms with E-state index >= 15 is 0 Å². The van der Waals surface area contributed by atoms with Crippen LogP contribution in [0.25, 0.3) is 10.2 Å². The van der Waals surface area contributed by atoms with Crippen molar-refractivity contribution in [3.05, 3.63) is 57.3 Å². The second-order valence-corrected chi connectivity index (χ2v) is 8.46. The zero-order valence-corrected chi connectivity index (χ0v) is 16.8. The molecule has 0 saturated heterocycles. The summed E-state index contributed by atoms with van der Waals surface area (Å²) < 4.78 is 3.04. The predicted octanol–water partition coefficient (Wildman–Crippen LogP) is 5.12. The Labute approximate surface area is 160 Å². The van der Waals surface area contributed by atoms with Gasteiger partial charge in [-0.3, -0.25) is 4.79 Å². The zero-order chi connectivity index (χ0) is 18.0. The van der Waals surface area contributed by atoms with Gasteiger partial charge < -0.3 is 4.57 Å². The van der Waals surface area contributed by atoms with Crippen molar-refractivity contribution < 1.29 is 4.79 Å². The summed E-state index contributed by atoms with van der Waals surface area (Å²) in [6.45, 7) is 4.05. The first-order chi connectivity index (χ1) is 12.0. The summed E-state index contributed by atoms with van der Waals surface area (Å²) in [6.07, 6.45) is 0.423. The number of carbonyl (C=O) groups is 1. The van der Waals surface area contributed by atoms with E-state index in [0.29, 0.717) is 11.2 Å². The van der Waals surface area contributed by atoms with Gasteiger partial charge in [-0.1, -0.05) is 40.6 Å². The number of aromatic nitrogens is 1. The standard InChI is InChI=1S/C19H19ClN2OS2/c1-12-4-6-14(7-5-12)24-11-10-17(23)21-19-22(3)18-13(2)15(20)8-9-16(18)25-19/h4-9H,10-11H2,1-3H3. The van der Waals surface area contributed by atoms with Gasteiger partial charge in [0.25, 0.3) is 0 Å². The molecule has 0 radical (unpaired) electrons. The number of aryl methyl sites for hydroxylation is 3. The van der Waals surface area contributed by atoms with Crippen LogP contribution in [0.4, 0.5) is 0 Å². The maximum Gasteiger partial charge on any atom is 0.249 e. The summed E-state index contributed by atoms with van der Waals surface area (Å²) in [7, 11) is 1.93. The number of thioether (sulfide) groups is 1. The Kier molecular flexibility index (Phi) is 5.67. The highest BCUT2D eigenvalue weighted by molar-refractivity contribution is 7.99. The molecule has 2 aromatic carbocycles. The van der Waals surface area contributed by atoms with Crippen LogP contribution in [0.3, 0.4) is 0 Å². The van der Waals surface area contributed by atoms with Crippen molar-refractivity contribution in [2.75, 3.05) is 5.75 Å². The molecule has 0 spiro atoms. The van der Waals surface area contributed by atoms with Gasteiger partial charge in [0.15, 0.2) is 4.80 Å². The minimum Gasteiger partial charge on any atom is -0.319 e. The number of hydrogen-bond acceptors (Lipinski definition) is 3. The van der Waals surface area contributed by atoms with Crippen molar-refractivity contribution in [1.82, 2.24) is 4.57 Å². The van der Waals surface area contributed by atoms with Crippen LogP contribution >= 0.6 is 34.7 Å². The minimum atomic E-state index is -0.0921. The van der Waals surface area contributed by atoms with E-state index in [-0.39, 0.29) is 5.91 Å². The van der Waals surface area contributed by atoms with Gasteiger partial charge in [0.05, 0.1) is 10.2 Å². The van der Waals surface area contributed by atoms with E-state index in [9.17, 15) is 4.79 Å². The maximum absolute atomic E-state index is 12.2. The van der Waals surface area contributed by atoms with Gasteiger partial charge in [0.1, 0.15) is 0 Å². The Balaban J connectivity index is 1.73. The van der Waals surface area contributed by atoms with Crippen molar-refractivity contribution in [2.24, 2.45) is 12.0 Å². The second-order valence-electron chi connectivity index (χ2n) is 5.88. The number of nitrogens with zero attached hydrogens (tertiary/aromatic N) is 2. The third kappa shape index (κ3) is 4.17. The Bertz CT molecular complexity index is 987. The van der Waals surface area contributed by atoms with Gasteiger partial charge >= 0.3 is 0 Å². The Morgan fingerprint density at radius 1 is 1.20 bits per heavy atom. The van der Waals surface area contributed by atoms with Crippen molar-refractivity contribution in [3.8, 4) is 0 Å². The fraction of sp³-hybridized carbons (Fsp3) is 0.263. The highest BCUT2D eigenvalue weighted by atomic mass is 35.5. The number of fused-ring (bicyclic) bond motifs is 1. The van der Waals surface area contributed by atoms with Crippen molar-refractivity contribution in [1.29, 1.82) is 0 Å². The Hall–Kier alpha value is -1.56. The van der Waals surface area contributed by atoms with Crippen molar-refractivity contribution in [3.63, 3.8) is 0 Å². The first kappa shape index (κ1) is 18.2. The lowest BCUT2D eigenvalue weighted by molar-refractivity contribution is -0.117. The van der Waals surface area contributed by atoms with Crippen molar-refractivity contribution >= 4 is 50.8 Å². The molecule has 130 valence electrons. The molecule has 1 heterocycles. The van der Waals surface area contributed by atoms with Gasteiger partial charge in [-0.25, -0.2) is 0 Å². The minimum absolute atomic E-state index is 0.0921. The van der Waals surface area contributed by atoms with Gasteiger partial charge in [0, 0.05) is 29.1 Å². The third-order valence-corrected chi connectivity index (χ3v) is 6.50. The first-order valence-electron chi connectivity index (χ1n) is 7.97. The number of thiazole rings is 1. The number of hydrogen-bond donors (Lipinski definition) is 0. The van der Waals surface area contributed by atoms with Crippen LogP contribution in [0.1, 0.15) is 17.5 Å². The summed E-state index contributed by atoms with van der Waals surface area (Å²) in [5.74, 6) is 0.635. The molecule has 1 aromatic heterocycles. The van der Waals surface area contributed by atoms with E-state index in [0.717, 1.165) is 26.6 Å². The monoisotopic (exact) mass is 390 g/mol. The topological polar surface area (TPSA) is 34.4 Å². The van der Waals surface area contributed by atoms with Gasteiger partial charge in [-0.2, -0.15) is 4.99 Å². The molecule has 0 aliphatic heterocycles. The number of amides is 1. The lowest BCUT2D eigenvalue weighted by Crippen LogP contribution is -2.13. The lowest BCUT2D eigenvalue weighted by atomic mass is 10.2. The second kappa shape index (κ2) is 7.77. The molecule has 3 aromatic rings. The molecular formula is C19H19ClN2OS2. The van der Waals surface area contributed by atoms with Crippen LogP contribution < -0.4 is 4.80 Å². The molecule has 3 nitrogen and oxygen atoms in total. The largest absolute Gasteiger partial charge is 0.319 e. The number of carbonyl (C=O) groups excluding carboxylic acids is 1. The highest BCUT2D eigenvalue weighted by Crippen LogP contribution is 2.26. The molecule has 0 unspecified atom stereocenters. The fourth-order valence-corrected chi connectivity index (χ4v) is 4.65. The number of rotatable bonds is 4. The molecule has 0 aliphatic rings. The van der Waals surface area contributed by atoms with Gasteiger partial charge in [-0.15, -0.1) is 11.8 Å². The summed E-state index contributed by atoms with van der Waals surface area (Å²) in [4.78, 5) is 18.4. The van der Waals surface area contributed by atoms with E-state index in [1.165, 1.54) is 21.8 Å². The van der Waals surface area contributed by atoms with Crippen LogP contribution in [0.2, 0.25) is 5.02 Å². The molecule has 6 heteroatoms. The molecule has 0 saturated carbocycles. The van der Waals surface area contributed by atoms with Crippen molar-refractivity contribution in [2.45, 2.75) is 25.2 Å². The number of benzene rings is 2. The third-order valence-electron chi connectivity index (χ3n) is 3.98.